The zero-order valence-electron chi connectivity index (χ0n) is 11.7. The van der Waals surface area contributed by atoms with Crippen molar-refractivity contribution in [2.75, 3.05) is 11.5 Å². The Hall–Kier alpha value is -0.490. The lowest BCUT2D eigenvalue weighted by Crippen LogP contribution is -2.17. The highest BCUT2D eigenvalue weighted by Gasteiger charge is 2.29. The molecule has 0 bridgehead atoms. The van der Waals surface area contributed by atoms with Gasteiger partial charge >= 0.3 is 0 Å². The Morgan fingerprint density at radius 3 is 2.80 bits per heavy atom. The van der Waals surface area contributed by atoms with Crippen molar-refractivity contribution in [2.24, 2.45) is 5.92 Å². The van der Waals surface area contributed by atoms with Crippen molar-refractivity contribution in [3.63, 3.8) is 0 Å². The largest absolute Gasteiger partial charge is 0.339 e. The van der Waals surface area contributed by atoms with Gasteiger partial charge in [0.25, 0.3) is 0 Å². The van der Waals surface area contributed by atoms with Gasteiger partial charge in [0.2, 0.25) is 5.89 Å². The van der Waals surface area contributed by atoms with E-state index >= 15 is 0 Å². The van der Waals surface area contributed by atoms with Crippen LogP contribution >= 0.6 is 23.5 Å². The summed E-state index contributed by atoms with van der Waals surface area (Å²) in [6.45, 7) is 2.21. The van der Waals surface area contributed by atoms with E-state index in [2.05, 4.69) is 17.1 Å². The number of carbonyl (C=O) groups excluding carboxylic acids is 1. The van der Waals surface area contributed by atoms with Crippen LogP contribution in [0, 0.1) is 5.92 Å². The molecule has 2 unspecified atom stereocenters. The third-order valence-corrected chi connectivity index (χ3v) is 7.15. The highest BCUT2D eigenvalue weighted by Crippen LogP contribution is 2.41. The molecule has 1 saturated carbocycles. The highest BCUT2D eigenvalue weighted by atomic mass is 32.2. The molecule has 20 heavy (non-hydrogen) atoms. The van der Waals surface area contributed by atoms with Crippen molar-refractivity contribution in [3.05, 3.63) is 11.7 Å². The average molecular weight is 312 g/mol. The van der Waals surface area contributed by atoms with Gasteiger partial charge in [0.1, 0.15) is 5.78 Å². The van der Waals surface area contributed by atoms with E-state index in [1.807, 2.05) is 23.5 Å². The first-order chi connectivity index (χ1) is 9.74. The Balaban J connectivity index is 1.62. The van der Waals surface area contributed by atoms with E-state index in [4.69, 9.17) is 4.52 Å². The van der Waals surface area contributed by atoms with Gasteiger partial charge in [-0.15, -0.1) is 11.8 Å². The lowest BCUT2D eigenvalue weighted by molar-refractivity contribution is -0.122. The van der Waals surface area contributed by atoms with Crippen molar-refractivity contribution in [1.82, 2.24) is 10.1 Å². The maximum Gasteiger partial charge on any atom is 0.234 e. The Bertz CT molecular complexity index is 471. The average Bonchev–Trinajstić information content (AvgIpc) is 3.10. The smallest absolute Gasteiger partial charge is 0.234 e. The number of hydrogen-bond acceptors (Lipinski definition) is 6. The number of rotatable bonds is 4. The summed E-state index contributed by atoms with van der Waals surface area (Å²) in [6, 6.07) is 0. The molecule has 1 aliphatic carbocycles. The second kappa shape index (κ2) is 6.52. The van der Waals surface area contributed by atoms with E-state index in [0.29, 0.717) is 22.8 Å². The van der Waals surface area contributed by atoms with Crippen molar-refractivity contribution < 1.29 is 9.32 Å². The summed E-state index contributed by atoms with van der Waals surface area (Å²) < 4.78 is 5.29. The molecule has 2 heterocycles. The summed E-state index contributed by atoms with van der Waals surface area (Å²) in [7, 11) is 0. The zero-order chi connectivity index (χ0) is 13.9. The van der Waals surface area contributed by atoms with Crippen LogP contribution < -0.4 is 0 Å². The van der Waals surface area contributed by atoms with E-state index in [1.165, 1.54) is 18.6 Å². The molecule has 0 radical (unpaired) electrons. The first-order valence-corrected chi connectivity index (χ1v) is 9.42. The molecule has 2 atom stereocenters. The summed E-state index contributed by atoms with van der Waals surface area (Å²) in [6.07, 6.45) is 4.74. The van der Waals surface area contributed by atoms with Crippen molar-refractivity contribution in [1.29, 1.82) is 0 Å². The number of nitrogens with zero attached hydrogens (tertiary/aromatic N) is 2. The van der Waals surface area contributed by atoms with Crippen LogP contribution in [0.25, 0.3) is 0 Å². The predicted molar refractivity (Wildman–Crippen MR) is 82.1 cm³/mol. The van der Waals surface area contributed by atoms with Crippen LogP contribution in [0.1, 0.15) is 49.6 Å². The summed E-state index contributed by atoms with van der Waals surface area (Å²) in [5.74, 6) is 4.09. The summed E-state index contributed by atoms with van der Waals surface area (Å²) in [5.41, 5.74) is 0. The number of thioether (sulfide) groups is 2. The third kappa shape index (κ3) is 3.22. The summed E-state index contributed by atoms with van der Waals surface area (Å²) in [4.78, 5) is 16.6. The second-order valence-electron chi connectivity index (χ2n) is 5.54. The van der Waals surface area contributed by atoms with Crippen molar-refractivity contribution in [2.45, 2.75) is 49.5 Å². The summed E-state index contributed by atoms with van der Waals surface area (Å²) >= 11 is 3.85. The first kappa shape index (κ1) is 14.4. The van der Waals surface area contributed by atoms with Crippen LogP contribution in [0.3, 0.4) is 0 Å². The van der Waals surface area contributed by atoms with Crippen molar-refractivity contribution >= 4 is 29.3 Å². The van der Waals surface area contributed by atoms with Gasteiger partial charge in [-0.2, -0.15) is 16.7 Å². The quantitative estimate of drug-likeness (QED) is 0.850. The summed E-state index contributed by atoms with van der Waals surface area (Å²) in [5, 5.41) is 4.90. The fourth-order valence-electron chi connectivity index (χ4n) is 2.91. The Kier molecular flexibility index (Phi) is 4.71. The molecule has 110 valence electrons. The van der Waals surface area contributed by atoms with Gasteiger partial charge in [-0.25, -0.2) is 0 Å². The van der Waals surface area contributed by atoms with Crippen LogP contribution in [-0.2, 0) is 11.2 Å². The minimum Gasteiger partial charge on any atom is -0.339 e. The second-order valence-corrected chi connectivity index (χ2v) is 8.27. The topological polar surface area (TPSA) is 56.0 Å². The number of aromatic nitrogens is 2. The molecule has 0 amide bonds. The molecule has 3 rings (SSSR count). The molecule has 2 fully saturated rings. The van der Waals surface area contributed by atoms with E-state index in [0.717, 1.165) is 24.4 Å². The van der Waals surface area contributed by atoms with Crippen LogP contribution in [-0.4, -0.2) is 32.7 Å². The minimum absolute atomic E-state index is 0.226. The maximum absolute atomic E-state index is 12.1. The Morgan fingerprint density at radius 2 is 2.05 bits per heavy atom. The minimum atomic E-state index is 0.226. The number of ketones is 1. The standard InChI is InChI=1S/C14H20N2O2S2/c1-9-13(20-7-6-19-9)14-15-12(18-16-14)8-11(17)10-4-2-3-5-10/h9-10,13H,2-8H2,1H3. The van der Waals surface area contributed by atoms with Gasteiger partial charge in [-0.05, 0) is 12.8 Å². The van der Waals surface area contributed by atoms with E-state index in [1.54, 1.807) is 0 Å². The molecule has 2 aliphatic rings. The molecule has 1 aromatic rings. The predicted octanol–water partition coefficient (Wildman–Crippen LogP) is 3.28. The molecule has 6 heteroatoms. The molecule has 1 saturated heterocycles. The molecule has 4 nitrogen and oxygen atoms in total. The molecule has 0 spiro atoms. The van der Waals surface area contributed by atoms with Crippen LogP contribution in [0.15, 0.2) is 4.52 Å². The fraction of sp³-hybridized carbons (Fsp3) is 0.786. The lowest BCUT2D eigenvalue weighted by Gasteiger charge is -2.24. The number of carbonyl (C=O) groups is 1. The van der Waals surface area contributed by atoms with Crippen LogP contribution in [0.4, 0.5) is 0 Å². The fourth-order valence-corrected chi connectivity index (χ4v) is 5.59. The van der Waals surface area contributed by atoms with Gasteiger partial charge in [0.05, 0.1) is 11.7 Å². The normalized spacial score (nSPS) is 27.9. The number of hydrogen-bond donors (Lipinski definition) is 0. The van der Waals surface area contributed by atoms with Gasteiger partial charge in [0, 0.05) is 22.7 Å². The molecule has 1 aliphatic heterocycles. The number of Topliss-reactive ketones (excluding diaryl/α,β-unsaturated/α-hetero) is 1. The van der Waals surface area contributed by atoms with Crippen molar-refractivity contribution in [3.8, 4) is 0 Å². The maximum atomic E-state index is 12.1. The van der Waals surface area contributed by atoms with Gasteiger partial charge < -0.3 is 4.52 Å². The van der Waals surface area contributed by atoms with Crippen LogP contribution in [0.2, 0.25) is 0 Å². The Morgan fingerprint density at radius 1 is 1.30 bits per heavy atom. The lowest BCUT2D eigenvalue weighted by atomic mass is 10.0. The molecule has 1 aromatic heterocycles. The van der Waals surface area contributed by atoms with Gasteiger partial charge in [0.15, 0.2) is 5.82 Å². The molecular weight excluding hydrogens is 292 g/mol. The van der Waals surface area contributed by atoms with Gasteiger partial charge in [-0.3, -0.25) is 4.79 Å². The highest BCUT2D eigenvalue weighted by molar-refractivity contribution is 8.06. The molecular formula is C14H20N2O2S2. The molecule has 0 N–H and O–H groups in total. The Labute approximate surface area is 127 Å². The zero-order valence-corrected chi connectivity index (χ0v) is 13.3. The monoisotopic (exact) mass is 312 g/mol. The van der Waals surface area contributed by atoms with Gasteiger partial charge in [-0.1, -0.05) is 24.9 Å². The SMILES string of the molecule is CC1SCCSC1c1noc(CC(=O)C2CCCC2)n1. The third-order valence-electron chi connectivity index (χ3n) is 4.06. The van der Waals surface area contributed by atoms with E-state index in [-0.39, 0.29) is 11.7 Å². The van der Waals surface area contributed by atoms with E-state index < -0.39 is 0 Å². The first-order valence-electron chi connectivity index (χ1n) is 7.32. The van der Waals surface area contributed by atoms with Crippen LogP contribution in [0.5, 0.6) is 0 Å². The molecule has 0 aromatic carbocycles. The van der Waals surface area contributed by atoms with E-state index in [9.17, 15) is 4.79 Å².